The van der Waals surface area contributed by atoms with E-state index in [4.69, 9.17) is 9.47 Å². The minimum atomic E-state index is -1.25. The van der Waals surface area contributed by atoms with Crippen LogP contribution in [0.2, 0.25) is 0 Å². The van der Waals surface area contributed by atoms with E-state index >= 15 is 0 Å². The molecule has 0 spiro atoms. The van der Waals surface area contributed by atoms with Crippen molar-refractivity contribution in [2.24, 2.45) is 5.92 Å². The molecule has 2 amide bonds. The lowest BCUT2D eigenvalue weighted by atomic mass is 9.94. The number of ether oxygens (including phenoxy) is 2. The van der Waals surface area contributed by atoms with E-state index < -0.39 is 29.6 Å². The monoisotopic (exact) mass is 480 g/mol. The molecule has 8 nitrogen and oxygen atoms in total. The first-order valence-corrected chi connectivity index (χ1v) is 12.0. The molecule has 2 aliphatic carbocycles. The molecule has 8 heteroatoms. The largest absolute Gasteiger partial charge is 0.480 e. The number of amides is 2. The Morgan fingerprint density at radius 1 is 1.06 bits per heavy atom. The number of hydrogen-bond donors (Lipinski definition) is 3. The van der Waals surface area contributed by atoms with Crippen LogP contribution in [0.1, 0.15) is 49.7 Å². The van der Waals surface area contributed by atoms with Gasteiger partial charge in [-0.15, -0.1) is 0 Å². The Balaban J connectivity index is 1.41. The molecule has 0 bridgehead atoms. The molecule has 35 heavy (non-hydrogen) atoms. The van der Waals surface area contributed by atoms with Gasteiger partial charge in [0.05, 0.1) is 0 Å². The highest BCUT2D eigenvalue weighted by atomic mass is 16.5. The topological polar surface area (TPSA) is 114 Å². The molecule has 2 atom stereocenters. The third-order valence-corrected chi connectivity index (χ3v) is 7.02. The Hall–Kier alpha value is -3.39. The minimum absolute atomic E-state index is 0.0728. The van der Waals surface area contributed by atoms with E-state index in [1.807, 2.05) is 36.4 Å². The maximum atomic E-state index is 13.1. The number of benzene rings is 2. The SMILES string of the molecule is COCCCC(NC(=O)C(C)(NC(=O)OCC1c2ccccc2-c2ccccc21)C1CC1)C(=O)O. The first-order chi connectivity index (χ1) is 16.8. The van der Waals surface area contributed by atoms with Crippen molar-refractivity contribution >= 4 is 18.0 Å². The van der Waals surface area contributed by atoms with Crippen molar-refractivity contribution in [3.8, 4) is 11.1 Å². The average Bonchev–Trinajstić information content (AvgIpc) is 3.66. The number of carboxylic acid groups (broad SMARTS) is 1. The van der Waals surface area contributed by atoms with Gasteiger partial charge in [0.25, 0.3) is 0 Å². The average molecular weight is 481 g/mol. The van der Waals surface area contributed by atoms with Crippen molar-refractivity contribution in [3.63, 3.8) is 0 Å². The fraction of sp³-hybridized carbons (Fsp3) is 0.444. The molecule has 2 aliphatic rings. The van der Waals surface area contributed by atoms with E-state index in [1.165, 1.54) is 7.11 Å². The molecular formula is C27H32N2O6. The van der Waals surface area contributed by atoms with E-state index in [0.29, 0.717) is 13.0 Å². The number of alkyl carbamates (subject to hydrolysis) is 1. The van der Waals surface area contributed by atoms with Crippen LogP contribution in [0.15, 0.2) is 48.5 Å². The second kappa shape index (κ2) is 10.5. The van der Waals surface area contributed by atoms with Gasteiger partial charge in [0.1, 0.15) is 18.2 Å². The van der Waals surface area contributed by atoms with Gasteiger partial charge in [0, 0.05) is 19.6 Å². The fourth-order valence-corrected chi connectivity index (χ4v) is 4.85. The molecule has 2 aromatic rings. The first kappa shape index (κ1) is 24.7. The normalized spacial score (nSPS) is 17.0. The number of fused-ring (bicyclic) bond motifs is 3. The summed E-state index contributed by atoms with van der Waals surface area (Å²) in [5, 5.41) is 14.9. The molecule has 1 saturated carbocycles. The van der Waals surface area contributed by atoms with Gasteiger partial charge in [-0.25, -0.2) is 9.59 Å². The van der Waals surface area contributed by atoms with Gasteiger partial charge in [0.2, 0.25) is 5.91 Å². The molecule has 0 aliphatic heterocycles. The molecule has 3 N–H and O–H groups in total. The molecular weight excluding hydrogens is 448 g/mol. The molecule has 0 aromatic heterocycles. The van der Waals surface area contributed by atoms with Gasteiger partial charge >= 0.3 is 12.1 Å². The van der Waals surface area contributed by atoms with Crippen LogP contribution in [0.25, 0.3) is 11.1 Å². The van der Waals surface area contributed by atoms with Crippen molar-refractivity contribution in [3.05, 3.63) is 59.7 Å². The van der Waals surface area contributed by atoms with Gasteiger partial charge < -0.3 is 25.2 Å². The van der Waals surface area contributed by atoms with E-state index in [2.05, 4.69) is 22.8 Å². The van der Waals surface area contributed by atoms with Gasteiger partial charge in [-0.2, -0.15) is 0 Å². The van der Waals surface area contributed by atoms with Gasteiger partial charge in [-0.05, 0) is 60.8 Å². The molecule has 2 aromatic carbocycles. The Bertz CT molecular complexity index is 1050. The highest BCUT2D eigenvalue weighted by Gasteiger charge is 2.49. The number of rotatable bonds is 11. The summed E-state index contributed by atoms with van der Waals surface area (Å²) in [7, 11) is 1.54. The maximum Gasteiger partial charge on any atom is 0.408 e. The molecule has 0 heterocycles. The molecule has 2 unspecified atom stereocenters. The Kier molecular flexibility index (Phi) is 7.40. The number of hydrogen-bond acceptors (Lipinski definition) is 5. The first-order valence-electron chi connectivity index (χ1n) is 12.0. The molecule has 1 fully saturated rings. The highest BCUT2D eigenvalue weighted by Crippen LogP contribution is 2.44. The number of nitrogens with one attached hydrogen (secondary N) is 2. The van der Waals surface area contributed by atoms with Crippen molar-refractivity contribution in [1.29, 1.82) is 0 Å². The number of aliphatic carboxylic acids is 1. The van der Waals surface area contributed by atoms with Gasteiger partial charge in [0.15, 0.2) is 0 Å². The zero-order valence-corrected chi connectivity index (χ0v) is 20.1. The second-order valence-electron chi connectivity index (χ2n) is 9.43. The lowest BCUT2D eigenvalue weighted by Crippen LogP contribution is -2.61. The summed E-state index contributed by atoms with van der Waals surface area (Å²) in [6, 6.07) is 15.1. The number of carbonyl (C=O) groups is 3. The predicted molar refractivity (Wildman–Crippen MR) is 130 cm³/mol. The summed E-state index contributed by atoms with van der Waals surface area (Å²) in [5.74, 6) is -1.80. The lowest BCUT2D eigenvalue weighted by molar-refractivity contribution is -0.143. The zero-order valence-electron chi connectivity index (χ0n) is 20.1. The summed E-state index contributed by atoms with van der Waals surface area (Å²) >= 11 is 0. The van der Waals surface area contributed by atoms with E-state index in [9.17, 15) is 19.5 Å². The smallest absolute Gasteiger partial charge is 0.408 e. The Morgan fingerprint density at radius 2 is 1.66 bits per heavy atom. The minimum Gasteiger partial charge on any atom is -0.480 e. The summed E-state index contributed by atoms with van der Waals surface area (Å²) in [4.78, 5) is 37.6. The Labute approximate surface area is 205 Å². The van der Waals surface area contributed by atoms with Gasteiger partial charge in [-0.3, -0.25) is 4.79 Å². The summed E-state index contributed by atoms with van der Waals surface area (Å²) in [6.45, 7) is 2.17. The zero-order chi connectivity index (χ0) is 25.0. The van der Waals surface area contributed by atoms with Crippen molar-refractivity contribution in [2.75, 3.05) is 20.3 Å². The second-order valence-corrected chi connectivity index (χ2v) is 9.43. The van der Waals surface area contributed by atoms with Crippen molar-refractivity contribution in [1.82, 2.24) is 10.6 Å². The fourth-order valence-electron chi connectivity index (χ4n) is 4.85. The number of methoxy groups -OCH3 is 1. The maximum absolute atomic E-state index is 13.1. The molecule has 0 saturated heterocycles. The van der Waals surface area contributed by atoms with Crippen LogP contribution in [0.3, 0.4) is 0 Å². The predicted octanol–water partition coefficient (Wildman–Crippen LogP) is 3.69. The van der Waals surface area contributed by atoms with E-state index in [-0.39, 0.29) is 24.9 Å². The summed E-state index contributed by atoms with van der Waals surface area (Å²) in [6.07, 6.45) is 1.58. The third-order valence-electron chi connectivity index (χ3n) is 7.02. The lowest BCUT2D eigenvalue weighted by Gasteiger charge is -2.31. The Morgan fingerprint density at radius 3 is 2.20 bits per heavy atom. The molecule has 186 valence electrons. The van der Waals surface area contributed by atoms with Crippen LogP contribution in [0, 0.1) is 5.92 Å². The number of carboxylic acids is 1. The van der Waals surface area contributed by atoms with Crippen LogP contribution >= 0.6 is 0 Å². The van der Waals surface area contributed by atoms with Crippen LogP contribution in [-0.4, -0.2) is 55.0 Å². The highest BCUT2D eigenvalue weighted by molar-refractivity contribution is 5.93. The summed E-state index contributed by atoms with van der Waals surface area (Å²) < 4.78 is 10.6. The van der Waals surface area contributed by atoms with Crippen LogP contribution in [0.4, 0.5) is 4.79 Å². The van der Waals surface area contributed by atoms with E-state index in [1.54, 1.807) is 6.92 Å². The molecule has 4 rings (SSSR count). The quantitative estimate of drug-likeness (QED) is 0.423. The molecule has 0 radical (unpaired) electrons. The summed E-state index contributed by atoms with van der Waals surface area (Å²) in [5.41, 5.74) is 3.21. The number of carbonyl (C=O) groups excluding carboxylic acids is 2. The van der Waals surface area contributed by atoms with Gasteiger partial charge in [-0.1, -0.05) is 48.5 Å². The van der Waals surface area contributed by atoms with Crippen LogP contribution < -0.4 is 10.6 Å². The van der Waals surface area contributed by atoms with Crippen molar-refractivity contribution in [2.45, 2.75) is 50.1 Å². The van der Waals surface area contributed by atoms with Crippen LogP contribution in [0.5, 0.6) is 0 Å². The van der Waals surface area contributed by atoms with E-state index in [0.717, 1.165) is 35.1 Å². The standard InChI is InChI=1S/C27H32N2O6/c1-27(17-13-14-17,25(32)28-23(24(30)31)12-7-15-34-2)29-26(33)35-16-22-20-10-5-3-8-18(20)19-9-4-6-11-21(19)22/h3-6,8-11,17,22-23H,7,12-16H2,1-2H3,(H,28,32)(H,29,33)(H,30,31). The third kappa shape index (κ3) is 5.32. The van der Waals surface area contributed by atoms with Crippen LogP contribution in [-0.2, 0) is 19.1 Å². The van der Waals surface area contributed by atoms with Crippen molar-refractivity contribution < 1.29 is 29.0 Å².